The summed E-state index contributed by atoms with van der Waals surface area (Å²) < 4.78 is 0. The fourth-order valence-corrected chi connectivity index (χ4v) is 3.83. The van der Waals surface area contributed by atoms with Gasteiger partial charge in [0.1, 0.15) is 0 Å². The normalized spacial score (nSPS) is 42.0. The molecule has 1 aliphatic heterocycles. The Morgan fingerprint density at radius 3 is 2.43 bits per heavy atom. The fourth-order valence-electron chi connectivity index (χ4n) is 0.870. The van der Waals surface area contributed by atoms with Crippen LogP contribution in [-0.2, 0) is 0 Å². The smallest absolute Gasteiger partial charge is 0.158 e. The van der Waals surface area contributed by atoms with Gasteiger partial charge in [-0.3, -0.25) is 0 Å². The predicted molar refractivity (Wildman–Crippen MR) is 36.7 cm³/mol. The molecular weight excluding hydrogens is 147 g/mol. The van der Waals surface area contributed by atoms with Crippen LogP contribution >= 0.6 is 22.7 Å². The molecule has 1 saturated heterocycles. The van der Waals surface area contributed by atoms with E-state index in [0.717, 1.165) is 0 Å². The molecule has 1 heterocycles. The van der Waals surface area contributed by atoms with E-state index >= 15 is 0 Å². The maximum absolute atomic E-state index is 5.87. The van der Waals surface area contributed by atoms with Crippen molar-refractivity contribution in [2.24, 2.45) is 0 Å². The van der Waals surface area contributed by atoms with Crippen LogP contribution < -0.4 is 0 Å². The lowest BCUT2D eigenvalue weighted by molar-refractivity contribution is 0.912. The quantitative estimate of drug-likeness (QED) is 0.284. The maximum Gasteiger partial charge on any atom is 0.158 e. The molecule has 0 aromatic heterocycles. The third kappa shape index (κ3) is 1.34. The van der Waals surface area contributed by atoms with Gasteiger partial charge in [-0.25, -0.2) is 0 Å². The van der Waals surface area contributed by atoms with Gasteiger partial charge in [-0.15, -0.1) is 11.6 Å². The molecule has 42 valence electrons. The average molecular weight is 155 g/mol. The summed E-state index contributed by atoms with van der Waals surface area (Å²) in [5, 5.41) is 0.390. The van der Waals surface area contributed by atoms with E-state index in [4.69, 9.17) is 22.7 Å². The molecule has 0 spiro atoms. The van der Waals surface area contributed by atoms with Crippen molar-refractivity contribution in [1.29, 1.82) is 0 Å². The van der Waals surface area contributed by atoms with Crippen molar-refractivity contribution in [1.82, 2.24) is 0 Å². The molecule has 0 aromatic carbocycles. The molecule has 0 radical (unpaired) electrons. The van der Waals surface area contributed by atoms with E-state index in [1.165, 1.54) is 18.9 Å². The molecule has 7 heavy (non-hydrogen) atoms. The Balaban J connectivity index is 2.33. The minimum Gasteiger partial charge on any atom is -0.170 e. The van der Waals surface area contributed by atoms with Gasteiger partial charge in [-0.2, -0.15) is 11.1 Å². The van der Waals surface area contributed by atoms with Crippen molar-refractivity contribution >= 4 is 30.8 Å². The summed E-state index contributed by atoms with van der Waals surface area (Å²) in [6, 6.07) is 1.25. The van der Waals surface area contributed by atoms with E-state index in [-0.39, 0.29) is 0 Å². The largest absolute Gasteiger partial charge is 0.170 e. The Morgan fingerprint density at radius 1 is 1.57 bits per heavy atom. The highest BCUT2D eigenvalue weighted by Crippen LogP contribution is 2.25. The Bertz CT molecular complexity index is 58.7. The molecule has 2 atom stereocenters. The van der Waals surface area contributed by atoms with Gasteiger partial charge in [-0.05, 0) is 12.5 Å². The number of halogens is 2. The topological polar surface area (TPSA) is 0 Å². The molecule has 1 rings (SSSR count). The van der Waals surface area contributed by atoms with Crippen molar-refractivity contribution in [3.63, 3.8) is 0 Å². The maximum atomic E-state index is 5.87. The molecule has 0 saturated carbocycles. The third-order valence-corrected chi connectivity index (χ3v) is 6.52. The summed E-state index contributed by atoms with van der Waals surface area (Å²) in [6.45, 7) is 0. The van der Waals surface area contributed by atoms with E-state index in [9.17, 15) is 0 Å². The van der Waals surface area contributed by atoms with Crippen LogP contribution in [0.3, 0.4) is 0 Å². The molecule has 2 unspecified atom stereocenters. The summed E-state index contributed by atoms with van der Waals surface area (Å²) in [5.41, 5.74) is 0. The van der Waals surface area contributed by atoms with Crippen LogP contribution in [0, 0.1) is 0 Å². The molecule has 0 aliphatic carbocycles. The Labute approximate surface area is 55.1 Å². The highest BCUT2D eigenvalue weighted by Gasteiger charge is 2.24. The molecule has 0 N–H and O–H groups in total. The summed E-state index contributed by atoms with van der Waals surface area (Å²) >= 11 is 11.7. The SMILES string of the molecule is ClC1CCC[SiH]1Cl. The van der Waals surface area contributed by atoms with Crippen LogP contribution in [0.5, 0.6) is 0 Å². The van der Waals surface area contributed by atoms with Crippen LogP contribution in [0.25, 0.3) is 0 Å². The lowest BCUT2D eigenvalue weighted by Crippen LogP contribution is -2.09. The monoisotopic (exact) mass is 154 g/mol. The van der Waals surface area contributed by atoms with Gasteiger partial charge in [0.15, 0.2) is 8.11 Å². The number of hydrogen-bond donors (Lipinski definition) is 0. The van der Waals surface area contributed by atoms with Crippen molar-refractivity contribution in [3.05, 3.63) is 0 Å². The van der Waals surface area contributed by atoms with E-state index in [1.807, 2.05) is 0 Å². The van der Waals surface area contributed by atoms with Crippen molar-refractivity contribution in [2.75, 3.05) is 0 Å². The molecule has 1 fully saturated rings. The second-order valence-electron chi connectivity index (χ2n) is 1.96. The number of alkyl halides is 1. The summed E-state index contributed by atoms with van der Waals surface area (Å²) in [5.74, 6) is 0. The van der Waals surface area contributed by atoms with Gasteiger partial charge < -0.3 is 0 Å². The highest BCUT2D eigenvalue weighted by atomic mass is 35.6. The highest BCUT2D eigenvalue weighted by molar-refractivity contribution is 7.10. The molecular formula is C4H8Cl2Si. The first kappa shape index (κ1) is 5.93. The molecule has 0 bridgehead atoms. The first-order chi connectivity index (χ1) is 3.30. The third-order valence-electron chi connectivity index (χ3n) is 1.35. The van der Waals surface area contributed by atoms with Gasteiger partial charge in [0.2, 0.25) is 0 Å². The zero-order valence-corrected chi connectivity index (χ0v) is 6.70. The molecule has 1 aliphatic rings. The van der Waals surface area contributed by atoms with Crippen LogP contribution in [0.1, 0.15) is 12.8 Å². The average Bonchev–Trinajstić information content (AvgIpc) is 1.91. The van der Waals surface area contributed by atoms with Crippen molar-refractivity contribution in [2.45, 2.75) is 23.9 Å². The standard InChI is InChI=1S/C4H8Cl2Si/c5-4-2-1-3-7(4)6/h4,7H,1-3H2. The zero-order valence-electron chi connectivity index (χ0n) is 4.03. The van der Waals surface area contributed by atoms with E-state index < -0.39 is 8.11 Å². The Morgan fingerprint density at radius 2 is 2.29 bits per heavy atom. The lowest BCUT2D eigenvalue weighted by atomic mass is 10.4. The van der Waals surface area contributed by atoms with Crippen molar-refractivity contribution in [3.8, 4) is 0 Å². The minimum atomic E-state index is -0.906. The molecule has 3 heteroatoms. The predicted octanol–water partition coefficient (Wildman–Crippen LogP) is 1.89. The van der Waals surface area contributed by atoms with Gasteiger partial charge in [0.25, 0.3) is 0 Å². The summed E-state index contributed by atoms with van der Waals surface area (Å²) in [7, 11) is -0.906. The summed E-state index contributed by atoms with van der Waals surface area (Å²) in [4.78, 5) is 0. The van der Waals surface area contributed by atoms with Gasteiger partial charge >= 0.3 is 0 Å². The first-order valence-corrected chi connectivity index (χ1v) is 6.25. The van der Waals surface area contributed by atoms with Crippen LogP contribution in [0.15, 0.2) is 0 Å². The number of hydrogen-bond acceptors (Lipinski definition) is 0. The van der Waals surface area contributed by atoms with Crippen molar-refractivity contribution < 1.29 is 0 Å². The van der Waals surface area contributed by atoms with Gasteiger partial charge in [0.05, 0.1) is 0 Å². The second kappa shape index (κ2) is 2.38. The van der Waals surface area contributed by atoms with E-state index in [2.05, 4.69) is 0 Å². The van der Waals surface area contributed by atoms with Gasteiger partial charge in [-0.1, -0.05) is 6.42 Å². The minimum absolute atomic E-state index is 0.390. The molecule has 0 amide bonds. The number of rotatable bonds is 0. The van der Waals surface area contributed by atoms with Gasteiger partial charge in [0, 0.05) is 5.00 Å². The van der Waals surface area contributed by atoms with Crippen LogP contribution in [-0.4, -0.2) is 13.1 Å². The van der Waals surface area contributed by atoms with Crippen LogP contribution in [0.4, 0.5) is 0 Å². The summed E-state index contributed by atoms with van der Waals surface area (Å²) in [6.07, 6.45) is 2.44. The zero-order chi connectivity index (χ0) is 5.28. The molecule has 0 nitrogen and oxygen atoms in total. The Kier molecular flexibility index (Phi) is 2.01. The van der Waals surface area contributed by atoms with Crippen LogP contribution in [0.2, 0.25) is 6.04 Å². The Hall–Kier alpha value is 0.797. The van der Waals surface area contributed by atoms with E-state index in [1.54, 1.807) is 0 Å². The van der Waals surface area contributed by atoms with E-state index in [0.29, 0.717) is 5.00 Å². The lowest BCUT2D eigenvalue weighted by Gasteiger charge is -1.97. The first-order valence-electron chi connectivity index (χ1n) is 2.59. The second-order valence-corrected chi connectivity index (χ2v) is 7.04. The fraction of sp³-hybridized carbons (Fsp3) is 1.00. The molecule has 0 aromatic rings.